The molecule has 1 aliphatic rings. The molecule has 0 spiro atoms. The molecule has 7 nitrogen and oxygen atoms in total. The van der Waals surface area contributed by atoms with E-state index in [-0.39, 0.29) is 11.8 Å². The monoisotopic (exact) mass is 358 g/mol. The van der Waals surface area contributed by atoms with E-state index in [4.69, 9.17) is 9.26 Å². The molecular formula is C19H26N4O3. The van der Waals surface area contributed by atoms with Crippen molar-refractivity contribution in [1.82, 2.24) is 15.0 Å². The molecule has 2 heterocycles. The second kappa shape index (κ2) is 8.80. The zero-order chi connectivity index (χ0) is 18.4. The number of nitrogens with one attached hydrogen (secondary N) is 1. The lowest BCUT2D eigenvalue weighted by molar-refractivity contribution is -0.121. The standard InChI is InChI=1S/C19H26N4O3/c1-3-6-17-21-18(26-22-17)13-23-11-9-14(10-12-23)19(24)20-15-7-4-5-8-16(15)25-2/h4-5,7-8,14H,3,6,9-13H2,1-2H3,(H,20,24). The number of rotatable bonds is 7. The summed E-state index contributed by atoms with van der Waals surface area (Å²) in [5, 5.41) is 6.98. The third kappa shape index (κ3) is 4.60. The predicted molar refractivity (Wildman–Crippen MR) is 97.9 cm³/mol. The lowest BCUT2D eigenvalue weighted by Gasteiger charge is -2.30. The van der Waals surface area contributed by atoms with Gasteiger partial charge in [0.15, 0.2) is 5.82 Å². The van der Waals surface area contributed by atoms with Crippen LogP contribution < -0.4 is 10.1 Å². The second-order valence-corrected chi connectivity index (χ2v) is 6.59. The molecule has 1 aliphatic heterocycles. The Morgan fingerprint density at radius 3 is 2.85 bits per heavy atom. The minimum absolute atomic E-state index is 0.00880. The van der Waals surface area contributed by atoms with Crippen LogP contribution in [0.3, 0.4) is 0 Å². The van der Waals surface area contributed by atoms with Crippen LogP contribution in [0, 0.1) is 5.92 Å². The molecule has 1 aromatic heterocycles. The normalized spacial score (nSPS) is 15.8. The Labute approximate surface area is 153 Å². The number of carbonyl (C=O) groups is 1. The van der Waals surface area contributed by atoms with E-state index in [1.54, 1.807) is 7.11 Å². The fourth-order valence-electron chi connectivity index (χ4n) is 3.21. The number of hydrogen-bond acceptors (Lipinski definition) is 6. The summed E-state index contributed by atoms with van der Waals surface area (Å²) in [7, 11) is 1.60. The van der Waals surface area contributed by atoms with Gasteiger partial charge in [-0.15, -0.1) is 0 Å². The third-order valence-electron chi connectivity index (χ3n) is 4.67. The first-order valence-electron chi connectivity index (χ1n) is 9.17. The average molecular weight is 358 g/mol. The number of ether oxygens (including phenoxy) is 1. The first kappa shape index (κ1) is 18.4. The van der Waals surface area contributed by atoms with Crippen molar-refractivity contribution in [1.29, 1.82) is 0 Å². The van der Waals surface area contributed by atoms with E-state index in [0.717, 1.165) is 50.3 Å². The van der Waals surface area contributed by atoms with Gasteiger partial charge in [0.05, 0.1) is 19.3 Å². The topological polar surface area (TPSA) is 80.5 Å². The zero-order valence-electron chi connectivity index (χ0n) is 15.4. The molecule has 7 heteroatoms. The van der Waals surface area contributed by atoms with Gasteiger partial charge in [-0.05, 0) is 44.5 Å². The van der Waals surface area contributed by atoms with Crippen molar-refractivity contribution in [2.24, 2.45) is 5.92 Å². The van der Waals surface area contributed by atoms with Gasteiger partial charge in [-0.2, -0.15) is 4.98 Å². The van der Waals surface area contributed by atoms with E-state index in [1.165, 1.54) is 0 Å². The molecule has 0 saturated carbocycles. The summed E-state index contributed by atoms with van der Waals surface area (Å²) in [5.74, 6) is 2.17. The molecule has 1 fully saturated rings. The van der Waals surface area contributed by atoms with Crippen LogP contribution in [0.2, 0.25) is 0 Å². The van der Waals surface area contributed by atoms with Gasteiger partial charge in [0, 0.05) is 12.3 Å². The number of benzene rings is 1. The Kier molecular flexibility index (Phi) is 6.22. The fraction of sp³-hybridized carbons (Fsp3) is 0.526. The number of piperidine rings is 1. The summed E-state index contributed by atoms with van der Waals surface area (Å²) < 4.78 is 10.6. The highest BCUT2D eigenvalue weighted by Gasteiger charge is 2.26. The smallest absolute Gasteiger partial charge is 0.240 e. The van der Waals surface area contributed by atoms with E-state index in [9.17, 15) is 4.79 Å². The molecule has 0 aliphatic carbocycles. The Bertz CT molecular complexity index is 723. The minimum atomic E-state index is 0.00880. The lowest BCUT2D eigenvalue weighted by Crippen LogP contribution is -2.37. The van der Waals surface area contributed by atoms with Crippen molar-refractivity contribution < 1.29 is 14.1 Å². The van der Waals surface area contributed by atoms with Gasteiger partial charge in [0.25, 0.3) is 0 Å². The van der Waals surface area contributed by atoms with Gasteiger partial charge < -0.3 is 14.6 Å². The molecule has 0 unspecified atom stereocenters. The summed E-state index contributed by atoms with van der Waals surface area (Å²) in [6.45, 7) is 4.43. The maximum atomic E-state index is 12.5. The third-order valence-corrected chi connectivity index (χ3v) is 4.67. The molecule has 140 valence electrons. The second-order valence-electron chi connectivity index (χ2n) is 6.59. The number of hydrogen-bond donors (Lipinski definition) is 1. The van der Waals surface area contributed by atoms with Crippen LogP contribution in [-0.2, 0) is 17.8 Å². The van der Waals surface area contributed by atoms with Crippen LogP contribution in [-0.4, -0.2) is 41.1 Å². The van der Waals surface area contributed by atoms with Crippen molar-refractivity contribution >= 4 is 11.6 Å². The van der Waals surface area contributed by atoms with E-state index < -0.39 is 0 Å². The van der Waals surface area contributed by atoms with Crippen molar-refractivity contribution in [3.8, 4) is 5.75 Å². The minimum Gasteiger partial charge on any atom is -0.495 e. The van der Waals surface area contributed by atoms with Crippen molar-refractivity contribution in [3.63, 3.8) is 0 Å². The number of carbonyl (C=O) groups excluding carboxylic acids is 1. The molecule has 1 N–H and O–H groups in total. The number of amides is 1. The summed E-state index contributed by atoms with van der Waals surface area (Å²) >= 11 is 0. The number of aromatic nitrogens is 2. The maximum absolute atomic E-state index is 12.5. The van der Waals surface area contributed by atoms with Crippen LogP contribution in [0.1, 0.15) is 37.9 Å². The molecule has 2 aromatic rings. The van der Waals surface area contributed by atoms with Crippen molar-refractivity contribution in [2.45, 2.75) is 39.2 Å². The number of para-hydroxylation sites is 2. The average Bonchev–Trinajstić information content (AvgIpc) is 3.10. The van der Waals surface area contributed by atoms with Gasteiger partial charge >= 0.3 is 0 Å². The number of anilines is 1. The molecule has 3 rings (SSSR count). The van der Waals surface area contributed by atoms with Gasteiger partial charge in [-0.25, -0.2) is 0 Å². The highest BCUT2D eigenvalue weighted by atomic mass is 16.5. The van der Waals surface area contributed by atoms with Gasteiger partial charge in [-0.3, -0.25) is 9.69 Å². The van der Waals surface area contributed by atoms with E-state index in [2.05, 4.69) is 27.3 Å². The van der Waals surface area contributed by atoms with Crippen LogP contribution >= 0.6 is 0 Å². The van der Waals surface area contributed by atoms with Crippen LogP contribution in [0.5, 0.6) is 5.75 Å². The summed E-state index contributed by atoms with van der Waals surface area (Å²) in [6.07, 6.45) is 3.48. The molecule has 1 aromatic carbocycles. The number of likely N-dealkylation sites (tertiary alicyclic amines) is 1. The van der Waals surface area contributed by atoms with Gasteiger partial charge in [0.2, 0.25) is 11.8 Å². The molecule has 1 saturated heterocycles. The highest BCUT2D eigenvalue weighted by Crippen LogP contribution is 2.26. The quantitative estimate of drug-likeness (QED) is 0.820. The molecule has 0 radical (unpaired) electrons. The Morgan fingerprint density at radius 1 is 1.35 bits per heavy atom. The molecular weight excluding hydrogens is 332 g/mol. The number of methoxy groups -OCH3 is 1. The predicted octanol–water partition coefficient (Wildman–Crippen LogP) is 2.88. The van der Waals surface area contributed by atoms with Crippen LogP contribution in [0.15, 0.2) is 28.8 Å². The van der Waals surface area contributed by atoms with E-state index in [1.807, 2.05) is 24.3 Å². The van der Waals surface area contributed by atoms with Crippen LogP contribution in [0.25, 0.3) is 0 Å². The fourth-order valence-corrected chi connectivity index (χ4v) is 3.21. The Morgan fingerprint density at radius 2 is 2.12 bits per heavy atom. The molecule has 1 amide bonds. The molecule has 0 bridgehead atoms. The van der Waals surface area contributed by atoms with E-state index >= 15 is 0 Å². The van der Waals surface area contributed by atoms with Gasteiger partial charge in [0.1, 0.15) is 5.75 Å². The molecule has 26 heavy (non-hydrogen) atoms. The van der Waals surface area contributed by atoms with Crippen LogP contribution in [0.4, 0.5) is 5.69 Å². The SMILES string of the molecule is CCCc1noc(CN2CCC(C(=O)Nc3ccccc3OC)CC2)n1. The first-order chi connectivity index (χ1) is 12.7. The van der Waals surface area contributed by atoms with Gasteiger partial charge in [-0.1, -0.05) is 24.2 Å². The first-order valence-corrected chi connectivity index (χ1v) is 9.17. The number of nitrogens with zero attached hydrogens (tertiary/aromatic N) is 3. The summed E-state index contributed by atoms with van der Waals surface area (Å²) in [4.78, 5) is 19.2. The lowest BCUT2D eigenvalue weighted by atomic mass is 9.96. The highest BCUT2D eigenvalue weighted by molar-refractivity contribution is 5.94. The molecule has 0 atom stereocenters. The summed E-state index contributed by atoms with van der Waals surface area (Å²) in [5.41, 5.74) is 0.719. The summed E-state index contributed by atoms with van der Waals surface area (Å²) in [6, 6.07) is 7.47. The Balaban J connectivity index is 1.49. The Hall–Kier alpha value is -2.41. The zero-order valence-corrected chi connectivity index (χ0v) is 15.4. The largest absolute Gasteiger partial charge is 0.495 e. The maximum Gasteiger partial charge on any atom is 0.240 e. The van der Waals surface area contributed by atoms with E-state index in [0.29, 0.717) is 18.2 Å². The number of aryl methyl sites for hydroxylation is 1. The van der Waals surface area contributed by atoms with Crippen molar-refractivity contribution in [2.75, 3.05) is 25.5 Å². The van der Waals surface area contributed by atoms with Crippen molar-refractivity contribution in [3.05, 3.63) is 36.0 Å².